The van der Waals surface area contributed by atoms with Gasteiger partial charge < -0.3 is 9.26 Å². The van der Waals surface area contributed by atoms with Crippen LogP contribution < -0.4 is 0 Å². The molecule has 0 aliphatic carbocycles. The average molecular weight is 1810 g/mol. The SMILES string of the molecule is CCOC(=O)CCSP(=O)(OC(C)CSP(=O)(OC(C)CSP(=O)(CC(C)CC(C)C)OC(C)CC(C)C)OC(C)CSP(=O)(OC(C)CC(C)C)OC(C)CC(C)C)OC(C)CSP(=O)(OC(C)CSP(=O)(OC(C)CC(C)C)OC(C)CC(C)C)OC(C)CSP(=O)(OC(C)CC(C)C)OC(C)CC(C)C. The van der Waals surface area contributed by atoms with Gasteiger partial charge in [0.1, 0.15) is 0 Å². The Hall–Kier alpha value is 3.01. The molecule has 0 amide bonds. The van der Waals surface area contributed by atoms with Gasteiger partial charge in [0.05, 0.1) is 92.4 Å². The van der Waals surface area contributed by atoms with E-state index in [1.165, 1.54) is 11.4 Å². The van der Waals surface area contributed by atoms with Crippen LogP contribution in [0.15, 0.2) is 0 Å². The third-order valence-corrected chi connectivity index (χ3v) is 44.2. The van der Waals surface area contributed by atoms with E-state index in [0.717, 1.165) is 74.7 Å². The summed E-state index contributed by atoms with van der Waals surface area (Å²) in [5.74, 6) is 1.54. The van der Waals surface area contributed by atoms with Crippen molar-refractivity contribution in [2.75, 3.05) is 53.0 Å². The summed E-state index contributed by atoms with van der Waals surface area (Å²) < 4.78 is 193. The summed E-state index contributed by atoms with van der Waals surface area (Å²) in [5, 5.41) is 0. The third-order valence-electron chi connectivity index (χ3n) is 14.8. The van der Waals surface area contributed by atoms with Crippen molar-refractivity contribution in [3.63, 3.8) is 0 Å². The van der Waals surface area contributed by atoms with Crippen molar-refractivity contribution in [1.29, 1.82) is 0 Å². The molecule has 0 N–H and O–H groups in total. The fourth-order valence-electron chi connectivity index (χ4n) is 11.6. The molecule has 0 rings (SSSR count). The van der Waals surface area contributed by atoms with Crippen LogP contribution >= 0.6 is 127 Å². The lowest BCUT2D eigenvalue weighted by Crippen LogP contribution is -2.19. The lowest BCUT2D eigenvalue weighted by Gasteiger charge is -2.30. The van der Waals surface area contributed by atoms with Crippen molar-refractivity contribution < 1.29 is 100 Å². The van der Waals surface area contributed by atoms with E-state index in [2.05, 4.69) is 118 Å². The molecule has 0 fully saturated rings. The molecule has 17 atom stereocenters. The van der Waals surface area contributed by atoms with E-state index in [1.54, 1.807) is 48.5 Å². The van der Waals surface area contributed by atoms with E-state index < -0.39 is 127 Å². The minimum Gasteiger partial charge on any atom is -0.466 e. The maximum atomic E-state index is 15.6. The first-order chi connectivity index (χ1) is 49.5. The highest BCUT2D eigenvalue weighted by atomic mass is 32.7. The Kier molecular flexibility index (Phi) is 57.4. The standard InChI is InChI=1S/C72H151O22P7S7/c1-32-81-72(73)33-34-102-96(75,89-67(27)45-107-100(79,91-66(26)44-103-95(74,43-58(18)35-50(2)3)82-59(19)36-51(4)5)92-69(29)47-104-97(76,83-60(20)37-52(6)7)84-61(21)38-53(8)9)90-68(28)46-108-101(80,93-70(30)48-105-98(77,85-62(22)39-54(10)11)86-63(23)40-55(12)13)94-71(31)49-106-99(78,87-64(24)41-56(14)15)88-65(25)42-57(16)17/h50-71H,32-49H2,1-31H3. The van der Waals surface area contributed by atoms with Crippen molar-refractivity contribution in [3.05, 3.63) is 0 Å². The molecule has 36 heteroatoms. The van der Waals surface area contributed by atoms with Crippen molar-refractivity contribution in [3.8, 4) is 0 Å². The van der Waals surface area contributed by atoms with Crippen LogP contribution in [0.5, 0.6) is 0 Å². The highest BCUT2D eigenvalue weighted by Crippen LogP contribution is 2.71. The first-order valence-corrected chi connectivity index (χ1v) is 61.5. The maximum absolute atomic E-state index is 15.6. The number of ether oxygens (including phenoxy) is 1. The van der Waals surface area contributed by atoms with Gasteiger partial charge in [0.2, 0.25) is 0 Å². The van der Waals surface area contributed by atoms with Crippen LogP contribution in [0.1, 0.15) is 272 Å². The summed E-state index contributed by atoms with van der Waals surface area (Å²) in [6, 6.07) is 0. The van der Waals surface area contributed by atoms with Gasteiger partial charge in [-0.15, -0.1) is 0 Å². The minimum atomic E-state index is -4.36. The van der Waals surface area contributed by atoms with E-state index in [-0.39, 0.29) is 101 Å². The molecule has 0 aromatic rings. The minimum absolute atomic E-state index is 0.00497. The van der Waals surface area contributed by atoms with Crippen molar-refractivity contribution in [2.24, 2.45) is 53.3 Å². The van der Waals surface area contributed by atoms with Gasteiger partial charge >= 0.3 is 46.8 Å². The second-order valence-electron chi connectivity index (χ2n) is 32.7. The zero-order chi connectivity index (χ0) is 83.4. The molecule has 17 unspecified atom stereocenters. The van der Waals surface area contributed by atoms with Crippen LogP contribution in [0.3, 0.4) is 0 Å². The maximum Gasteiger partial charge on any atom is 0.389 e. The molecule has 0 radical (unpaired) electrons. The van der Waals surface area contributed by atoms with Crippen LogP contribution in [0.25, 0.3) is 0 Å². The lowest BCUT2D eigenvalue weighted by atomic mass is 10.0. The van der Waals surface area contributed by atoms with Gasteiger partial charge in [0.25, 0.3) is 6.57 Å². The summed E-state index contributed by atoms with van der Waals surface area (Å²) in [4.78, 5) is 12.8. The molecule has 0 aromatic heterocycles. The van der Waals surface area contributed by atoms with E-state index >= 15 is 13.7 Å². The Morgan fingerprint density at radius 1 is 0.250 bits per heavy atom. The first kappa shape index (κ1) is 111. The summed E-state index contributed by atoms with van der Waals surface area (Å²) in [7, 11) is 0. The molecule has 0 aliphatic rings. The molecule has 108 heavy (non-hydrogen) atoms. The van der Waals surface area contributed by atoms with Gasteiger partial charge in [-0.25, -0.2) is 27.4 Å². The molecule has 0 saturated carbocycles. The van der Waals surface area contributed by atoms with Gasteiger partial charge in [0.15, 0.2) is 0 Å². The molecule has 0 saturated heterocycles. The van der Waals surface area contributed by atoms with Crippen molar-refractivity contribution in [2.45, 2.75) is 352 Å². The first-order valence-electron chi connectivity index (χ1n) is 39.3. The number of carbonyl (C=O) groups is 1. The number of hydrogen-bond donors (Lipinski definition) is 0. The van der Waals surface area contributed by atoms with Crippen LogP contribution in [0.2, 0.25) is 0 Å². The van der Waals surface area contributed by atoms with Gasteiger partial charge in [-0.2, -0.15) is 0 Å². The summed E-state index contributed by atoms with van der Waals surface area (Å²) in [6.45, 7) is 32.2. The topological polar surface area (TPSA) is 266 Å². The second-order valence-corrected chi connectivity index (χ2v) is 61.7. The molecule has 0 bridgehead atoms. The molecular weight excluding hydrogens is 1660 g/mol. The van der Waals surface area contributed by atoms with Crippen LogP contribution in [0.4, 0.5) is 0 Å². The van der Waals surface area contributed by atoms with E-state index in [9.17, 15) is 23.1 Å². The Labute approximate surface area is 686 Å². The third kappa shape index (κ3) is 55.8. The molecule has 0 spiro atoms. The quantitative estimate of drug-likeness (QED) is 0.0404. The normalized spacial score (nSPS) is 20.7. The molecule has 22 nitrogen and oxygen atoms in total. The number of esters is 1. The van der Waals surface area contributed by atoms with Gasteiger partial charge in [-0.1, -0.05) is 129 Å². The molecular formula is C72H151O22P7S7. The van der Waals surface area contributed by atoms with E-state index in [1.807, 2.05) is 48.5 Å². The Balaban J connectivity index is 7.75. The Morgan fingerprint density at radius 3 is 0.639 bits per heavy atom. The number of hydrogen-bond acceptors (Lipinski definition) is 29. The monoisotopic (exact) mass is 1810 g/mol. The largest absolute Gasteiger partial charge is 0.466 e. The highest BCUT2D eigenvalue weighted by Gasteiger charge is 2.42. The fraction of sp³-hybridized carbons (Fsp3) is 0.986. The molecule has 0 aliphatic heterocycles. The Bertz CT molecular complexity index is 2410. The van der Waals surface area contributed by atoms with Gasteiger partial charge in [-0.05, 0) is 270 Å². The summed E-state index contributed by atoms with van der Waals surface area (Å²) >= 11 is 6.40. The predicted molar refractivity (Wildman–Crippen MR) is 468 cm³/mol. The van der Waals surface area contributed by atoms with Crippen LogP contribution in [-0.4, -0.2) is 138 Å². The zero-order valence-electron chi connectivity index (χ0n) is 71.9. The van der Waals surface area contributed by atoms with Crippen LogP contribution in [0, 0.1) is 53.3 Å². The summed E-state index contributed by atoms with van der Waals surface area (Å²) in [6.07, 6.45) is -2.69. The lowest BCUT2D eigenvalue weighted by molar-refractivity contribution is -0.142. The van der Waals surface area contributed by atoms with Crippen LogP contribution in [-0.2, 0) is 100 Å². The van der Waals surface area contributed by atoms with E-state index in [0.29, 0.717) is 62.9 Å². The zero-order valence-corrected chi connectivity index (χ0v) is 83.9. The Morgan fingerprint density at radius 2 is 0.435 bits per heavy atom. The fourth-order valence-corrected chi connectivity index (χ4v) is 41.9. The van der Waals surface area contributed by atoms with Gasteiger partial charge in [-0.3, -0.25) is 63.6 Å². The second kappa shape index (κ2) is 55.8. The van der Waals surface area contributed by atoms with Crippen molar-refractivity contribution in [1.82, 2.24) is 0 Å². The average Bonchev–Trinajstić information content (AvgIpc) is 0.837. The highest BCUT2D eigenvalue weighted by molar-refractivity contribution is 8.57. The smallest absolute Gasteiger partial charge is 0.389 e. The molecule has 0 heterocycles. The van der Waals surface area contributed by atoms with Crippen molar-refractivity contribution >= 4 is 133 Å². The van der Waals surface area contributed by atoms with E-state index in [4.69, 9.17) is 63.5 Å². The number of carbonyl (C=O) groups excluding carboxylic acids is 1. The molecule has 0 aromatic carbocycles. The van der Waals surface area contributed by atoms with Gasteiger partial charge in [0, 0.05) is 46.4 Å². The predicted octanol–water partition coefficient (Wildman–Crippen LogP) is 28.2. The summed E-state index contributed by atoms with van der Waals surface area (Å²) in [5.41, 5.74) is 0. The number of rotatable bonds is 67. The molecule has 648 valence electrons.